The van der Waals surface area contributed by atoms with Gasteiger partial charge in [-0.15, -0.1) is 0 Å². The molecular weight excluding hydrogens is 216 g/mol. The van der Waals surface area contributed by atoms with Gasteiger partial charge in [0, 0.05) is 23.1 Å². The van der Waals surface area contributed by atoms with E-state index in [0.29, 0.717) is 6.61 Å². The number of rotatable bonds is 0. The van der Waals surface area contributed by atoms with Crippen molar-refractivity contribution in [3.8, 4) is 0 Å². The van der Waals surface area contributed by atoms with Gasteiger partial charge in [0.05, 0.1) is 0 Å². The molecule has 0 radical (unpaired) electrons. The Labute approximate surface area is 98.2 Å². The van der Waals surface area contributed by atoms with Crippen LogP contribution in [0.1, 0.15) is 17.3 Å². The molecule has 1 fully saturated rings. The van der Waals surface area contributed by atoms with Crippen LogP contribution in [-0.2, 0) is 11.2 Å². The van der Waals surface area contributed by atoms with Crippen molar-refractivity contribution < 1.29 is 9.53 Å². The van der Waals surface area contributed by atoms with Crippen LogP contribution < -0.4 is 0 Å². The molecule has 17 heavy (non-hydrogen) atoms. The second kappa shape index (κ2) is 3.03. The Balaban J connectivity index is 1.94. The Morgan fingerprint density at radius 3 is 3.18 bits per heavy atom. The molecule has 3 heterocycles. The number of nitrogens with one attached hydrogen (secondary N) is 1. The molecule has 86 valence electrons. The molecule has 2 aliphatic heterocycles. The van der Waals surface area contributed by atoms with Crippen LogP contribution in [0.3, 0.4) is 0 Å². The largest absolute Gasteiger partial charge is 0.447 e. The van der Waals surface area contributed by atoms with Gasteiger partial charge in [0.25, 0.3) is 0 Å². The third-order valence-electron chi connectivity index (χ3n) is 3.76. The fourth-order valence-electron chi connectivity index (χ4n) is 2.94. The van der Waals surface area contributed by atoms with Crippen LogP contribution in [0.2, 0.25) is 0 Å². The lowest BCUT2D eigenvalue weighted by atomic mass is 9.99. The van der Waals surface area contributed by atoms with Gasteiger partial charge in [-0.05, 0) is 18.1 Å². The summed E-state index contributed by atoms with van der Waals surface area (Å²) in [6.07, 6.45) is 0.726. The summed E-state index contributed by atoms with van der Waals surface area (Å²) in [5.74, 6) is 0. The maximum Gasteiger partial charge on any atom is 0.410 e. The van der Waals surface area contributed by atoms with E-state index in [2.05, 4.69) is 23.2 Å². The standard InChI is InChI=1S/C13H12N2O2/c16-13-15-6-5-9-8-3-1-2-4-10(8)14-12(9)11(15)7-17-13/h1-4,11,14H,5-7H2. The second-order valence-corrected chi connectivity index (χ2v) is 4.60. The highest BCUT2D eigenvalue weighted by Gasteiger charge is 2.39. The van der Waals surface area contributed by atoms with E-state index < -0.39 is 0 Å². The van der Waals surface area contributed by atoms with E-state index in [0.717, 1.165) is 24.2 Å². The summed E-state index contributed by atoms with van der Waals surface area (Å²) in [6.45, 7) is 1.23. The summed E-state index contributed by atoms with van der Waals surface area (Å²) in [5, 5.41) is 1.28. The minimum atomic E-state index is -0.181. The smallest absolute Gasteiger partial charge is 0.410 e. The molecule has 1 saturated heterocycles. The van der Waals surface area contributed by atoms with Crippen molar-refractivity contribution in [2.45, 2.75) is 12.5 Å². The lowest BCUT2D eigenvalue weighted by molar-refractivity contribution is 0.157. The molecule has 0 spiro atoms. The number of para-hydroxylation sites is 1. The maximum atomic E-state index is 11.5. The monoisotopic (exact) mass is 228 g/mol. The molecule has 1 unspecified atom stereocenters. The molecule has 1 N–H and O–H groups in total. The highest BCUT2D eigenvalue weighted by molar-refractivity contribution is 5.86. The van der Waals surface area contributed by atoms with Gasteiger partial charge in [0.15, 0.2) is 0 Å². The molecule has 2 aliphatic rings. The van der Waals surface area contributed by atoms with E-state index in [1.54, 1.807) is 0 Å². The number of ether oxygens (including phenoxy) is 1. The van der Waals surface area contributed by atoms with E-state index in [9.17, 15) is 4.79 Å². The Kier molecular flexibility index (Phi) is 1.62. The Morgan fingerprint density at radius 2 is 2.24 bits per heavy atom. The SMILES string of the molecule is O=C1OCC2c3[nH]c4ccccc4c3CCN12. The van der Waals surface area contributed by atoms with Gasteiger partial charge in [-0.3, -0.25) is 4.90 Å². The van der Waals surface area contributed by atoms with E-state index in [1.807, 2.05) is 11.0 Å². The Hall–Kier alpha value is -1.97. The van der Waals surface area contributed by atoms with Crippen LogP contribution in [0.15, 0.2) is 24.3 Å². The first-order chi connectivity index (χ1) is 8.34. The van der Waals surface area contributed by atoms with Crippen molar-refractivity contribution in [1.29, 1.82) is 0 Å². The molecule has 1 atom stereocenters. The third kappa shape index (κ3) is 1.10. The molecular formula is C13H12N2O2. The average Bonchev–Trinajstić information content (AvgIpc) is 2.90. The summed E-state index contributed by atoms with van der Waals surface area (Å²) >= 11 is 0. The number of hydrogen-bond acceptors (Lipinski definition) is 2. The summed E-state index contributed by atoms with van der Waals surface area (Å²) in [5.41, 5.74) is 3.65. The molecule has 0 saturated carbocycles. The first kappa shape index (κ1) is 9.10. The fraction of sp³-hybridized carbons (Fsp3) is 0.308. The minimum Gasteiger partial charge on any atom is -0.447 e. The van der Waals surface area contributed by atoms with Crippen molar-refractivity contribution in [2.24, 2.45) is 0 Å². The van der Waals surface area contributed by atoms with Gasteiger partial charge in [0.2, 0.25) is 0 Å². The number of benzene rings is 1. The van der Waals surface area contributed by atoms with E-state index in [4.69, 9.17) is 4.74 Å². The van der Waals surface area contributed by atoms with Crippen molar-refractivity contribution in [2.75, 3.05) is 13.2 Å². The summed E-state index contributed by atoms with van der Waals surface area (Å²) < 4.78 is 5.12. The third-order valence-corrected chi connectivity index (χ3v) is 3.76. The average molecular weight is 228 g/mol. The van der Waals surface area contributed by atoms with Crippen molar-refractivity contribution in [3.05, 3.63) is 35.5 Å². The summed E-state index contributed by atoms with van der Waals surface area (Å²) in [4.78, 5) is 16.8. The van der Waals surface area contributed by atoms with E-state index in [1.165, 1.54) is 10.9 Å². The first-order valence-electron chi connectivity index (χ1n) is 5.87. The number of fused-ring (bicyclic) bond motifs is 5. The molecule has 1 aromatic carbocycles. The van der Waals surface area contributed by atoms with Gasteiger partial charge in [-0.1, -0.05) is 18.2 Å². The van der Waals surface area contributed by atoms with Gasteiger partial charge < -0.3 is 9.72 Å². The molecule has 0 aliphatic carbocycles. The lowest BCUT2D eigenvalue weighted by Gasteiger charge is -2.26. The number of aromatic nitrogens is 1. The van der Waals surface area contributed by atoms with Crippen LogP contribution >= 0.6 is 0 Å². The molecule has 0 bridgehead atoms. The number of H-pyrrole nitrogens is 1. The van der Waals surface area contributed by atoms with Crippen LogP contribution in [0, 0.1) is 0 Å². The second-order valence-electron chi connectivity index (χ2n) is 4.60. The molecule has 4 nitrogen and oxygen atoms in total. The highest BCUT2D eigenvalue weighted by Crippen LogP contribution is 2.37. The number of nitrogens with zero attached hydrogens (tertiary/aromatic N) is 1. The zero-order chi connectivity index (χ0) is 11.4. The van der Waals surface area contributed by atoms with E-state index in [-0.39, 0.29) is 12.1 Å². The maximum absolute atomic E-state index is 11.5. The summed E-state index contributed by atoms with van der Waals surface area (Å²) in [6, 6.07) is 8.38. The zero-order valence-corrected chi connectivity index (χ0v) is 9.27. The number of carbonyl (C=O) groups excluding carboxylic acids is 1. The lowest BCUT2D eigenvalue weighted by Crippen LogP contribution is -2.34. The number of carbonyl (C=O) groups is 1. The fourth-order valence-corrected chi connectivity index (χ4v) is 2.94. The topological polar surface area (TPSA) is 45.3 Å². The number of cyclic esters (lactones) is 1. The van der Waals surface area contributed by atoms with Gasteiger partial charge in [-0.2, -0.15) is 0 Å². The number of amides is 1. The van der Waals surface area contributed by atoms with Gasteiger partial charge in [-0.25, -0.2) is 4.79 Å². The summed E-state index contributed by atoms with van der Waals surface area (Å²) in [7, 11) is 0. The molecule has 4 rings (SSSR count). The van der Waals surface area contributed by atoms with Gasteiger partial charge in [0.1, 0.15) is 12.6 Å². The van der Waals surface area contributed by atoms with Crippen molar-refractivity contribution in [1.82, 2.24) is 9.88 Å². The quantitative estimate of drug-likeness (QED) is 0.751. The molecule has 4 heteroatoms. The molecule has 2 aromatic rings. The van der Waals surface area contributed by atoms with Crippen LogP contribution in [0.25, 0.3) is 10.9 Å². The number of hydrogen-bond donors (Lipinski definition) is 1. The van der Waals surface area contributed by atoms with Crippen molar-refractivity contribution >= 4 is 17.0 Å². The predicted molar refractivity (Wildman–Crippen MR) is 62.8 cm³/mol. The van der Waals surface area contributed by atoms with E-state index >= 15 is 0 Å². The van der Waals surface area contributed by atoms with Crippen LogP contribution in [0.5, 0.6) is 0 Å². The molecule has 1 amide bonds. The predicted octanol–water partition coefficient (Wildman–Crippen LogP) is 2.22. The Morgan fingerprint density at radius 1 is 1.35 bits per heavy atom. The van der Waals surface area contributed by atoms with Gasteiger partial charge >= 0.3 is 6.09 Å². The van der Waals surface area contributed by atoms with Crippen molar-refractivity contribution in [3.63, 3.8) is 0 Å². The number of aromatic amines is 1. The Bertz CT molecular complexity index is 617. The zero-order valence-electron chi connectivity index (χ0n) is 9.27. The van der Waals surface area contributed by atoms with Crippen LogP contribution in [0.4, 0.5) is 4.79 Å². The highest BCUT2D eigenvalue weighted by atomic mass is 16.6. The minimum absolute atomic E-state index is 0.0821. The normalized spacial score (nSPS) is 22.5. The molecule has 1 aromatic heterocycles. The van der Waals surface area contributed by atoms with Crippen LogP contribution in [-0.4, -0.2) is 29.1 Å². The first-order valence-corrected chi connectivity index (χ1v) is 5.87.